The lowest BCUT2D eigenvalue weighted by Gasteiger charge is -2.20. The van der Waals surface area contributed by atoms with E-state index in [0.29, 0.717) is 28.0 Å². The molecular weight excluding hydrogens is 413 g/mol. The van der Waals surface area contributed by atoms with Gasteiger partial charge in [0, 0.05) is 30.1 Å². The van der Waals surface area contributed by atoms with E-state index in [4.69, 9.17) is 34.8 Å². The van der Waals surface area contributed by atoms with Crippen LogP contribution in [-0.2, 0) is 13.1 Å². The molecule has 0 spiro atoms. The molecule has 0 saturated carbocycles. The van der Waals surface area contributed by atoms with E-state index >= 15 is 0 Å². The van der Waals surface area contributed by atoms with Gasteiger partial charge in [-0.05, 0) is 25.1 Å². The number of hydrogen-bond acceptors (Lipinski definition) is 3. The molecule has 0 bridgehead atoms. The Morgan fingerprint density at radius 1 is 1.15 bits per heavy atom. The SMILES string of the molecule is CCn1c(Cn2ccc(Cl)n2)cc(=O)c(C(=O)O)c1-c1ccc(Cl)c(Cl)c1. The topological polar surface area (TPSA) is 77.1 Å². The fourth-order valence-corrected chi connectivity index (χ4v) is 3.38. The summed E-state index contributed by atoms with van der Waals surface area (Å²) in [6, 6.07) is 7.68. The number of carbonyl (C=O) groups is 1. The van der Waals surface area contributed by atoms with Crippen molar-refractivity contribution in [1.29, 1.82) is 0 Å². The van der Waals surface area contributed by atoms with Gasteiger partial charge in [-0.15, -0.1) is 0 Å². The van der Waals surface area contributed by atoms with Crippen molar-refractivity contribution in [2.24, 2.45) is 0 Å². The summed E-state index contributed by atoms with van der Waals surface area (Å²) in [6.45, 7) is 2.54. The highest BCUT2D eigenvalue weighted by Crippen LogP contribution is 2.30. The van der Waals surface area contributed by atoms with Crippen LogP contribution < -0.4 is 5.43 Å². The largest absolute Gasteiger partial charge is 0.477 e. The number of aromatic carboxylic acids is 1. The van der Waals surface area contributed by atoms with Crippen LogP contribution in [0.1, 0.15) is 23.0 Å². The third-order valence-electron chi connectivity index (χ3n) is 4.05. The van der Waals surface area contributed by atoms with Gasteiger partial charge < -0.3 is 9.67 Å². The van der Waals surface area contributed by atoms with E-state index in [-0.39, 0.29) is 22.8 Å². The monoisotopic (exact) mass is 425 g/mol. The zero-order valence-corrected chi connectivity index (χ0v) is 16.4. The molecule has 140 valence electrons. The van der Waals surface area contributed by atoms with Crippen molar-refractivity contribution in [2.75, 3.05) is 0 Å². The molecule has 0 aliphatic rings. The summed E-state index contributed by atoms with van der Waals surface area (Å²) >= 11 is 17.9. The van der Waals surface area contributed by atoms with E-state index in [1.807, 2.05) is 6.92 Å². The molecule has 0 saturated heterocycles. The van der Waals surface area contributed by atoms with Crippen molar-refractivity contribution >= 4 is 40.8 Å². The first-order chi connectivity index (χ1) is 12.8. The molecule has 0 aliphatic carbocycles. The normalized spacial score (nSPS) is 11.0. The summed E-state index contributed by atoms with van der Waals surface area (Å²) < 4.78 is 3.32. The van der Waals surface area contributed by atoms with Crippen LogP contribution in [0.25, 0.3) is 11.3 Å². The Kier molecular flexibility index (Phi) is 5.60. The summed E-state index contributed by atoms with van der Waals surface area (Å²) in [5.74, 6) is -1.31. The Balaban J connectivity index is 2.29. The summed E-state index contributed by atoms with van der Waals surface area (Å²) in [5.41, 5.74) is 0.428. The number of benzene rings is 1. The molecule has 0 radical (unpaired) electrons. The van der Waals surface area contributed by atoms with Gasteiger partial charge in [-0.25, -0.2) is 4.79 Å². The standard InChI is InChI=1S/C18H14Cl3N3O3/c1-2-24-11(9-23-6-5-15(21)22-23)8-14(25)16(18(26)27)17(24)10-3-4-12(19)13(20)7-10/h3-8H,2,9H2,1H3,(H,26,27). The van der Waals surface area contributed by atoms with E-state index < -0.39 is 11.4 Å². The minimum absolute atomic E-state index is 0.254. The van der Waals surface area contributed by atoms with Crippen molar-refractivity contribution in [3.8, 4) is 11.3 Å². The number of nitrogens with zero attached hydrogens (tertiary/aromatic N) is 3. The summed E-state index contributed by atoms with van der Waals surface area (Å²) in [4.78, 5) is 24.4. The second kappa shape index (κ2) is 7.76. The zero-order valence-electron chi connectivity index (χ0n) is 14.1. The predicted octanol–water partition coefficient (Wildman–Crippen LogP) is 4.44. The fraction of sp³-hybridized carbons (Fsp3) is 0.167. The van der Waals surface area contributed by atoms with E-state index in [0.717, 1.165) is 0 Å². The summed E-state index contributed by atoms with van der Waals surface area (Å²) in [7, 11) is 0. The number of hydrogen-bond donors (Lipinski definition) is 1. The second-order valence-electron chi connectivity index (χ2n) is 5.74. The molecule has 0 aliphatic heterocycles. The maximum atomic E-state index is 12.6. The second-order valence-corrected chi connectivity index (χ2v) is 6.94. The third-order valence-corrected chi connectivity index (χ3v) is 4.99. The lowest BCUT2D eigenvalue weighted by molar-refractivity contribution is 0.0695. The number of aromatic nitrogens is 3. The number of halogens is 3. The lowest BCUT2D eigenvalue weighted by Crippen LogP contribution is -2.24. The van der Waals surface area contributed by atoms with Crippen LogP contribution in [0.3, 0.4) is 0 Å². The molecule has 0 fully saturated rings. The Bertz CT molecular complexity index is 1090. The Labute approximate surface area is 169 Å². The van der Waals surface area contributed by atoms with Crippen LogP contribution in [0.4, 0.5) is 0 Å². The van der Waals surface area contributed by atoms with Crippen molar-refractivity contribution < 1.29 is 9.90 Å². The first-order valence-electron chi connectivity index (χ1n) is 7.96. The first kappa shape index (κ1) is 19.5. The van der Waals surface area contributed by atoms with Gasteiger partial charge in [-0.2, -0.15) is 5.10 Å². The molecule has 27 heavy (non-hydrogen) atoms. The quantitative estimate of drug-likeness (QED) is 0.654. The van der Waals surface area contributed by atoms with Gasteiger partial charge in [0.25, 0.3) is 0 Å². The molecule has 0 amide bonds. The molecule has 3 aromatic rings. The van der Waals surface area contributed by atoms with E-state index in [9.17, 15) is 14.7 Å². The van der Waals surface area contributed by atoms with Crippen molar-refractivity contribution in [3.63, 3.8) is 0 Å². The molecule has 2 aromatic heterocycles. The average Bonchev–Trinajstić information content (AvgIpc) is 3.01. The van der Waals surface area contributed by atoms with Crippen LogP contribution in [0.15, 0.2) is 41.3 Å². The van der Waals surface area contributed by atoms with Gasteiger partial charge in [0.2, 0.25) is 0 Å². The summed E-state index contributed by atoms with van der Waals surface area (Å²) in [5, 5.41) is 14.7. The molecule has 1 aromatic carbocycles. The molecule has 9 heteroatoms. The van der Waals surface area contributed by atoms with Crippen molar-refractivity contribution in [3.05, 3.63) is 73.2 Å². The smallest absolute Gasteiger partial charge is 0.341 e. The van der Waals surface area contributed by atoms with Gasteiger partial charge in [-0.3, -0.25) is 9.48 Å². The maximum absolute atomic E-state index is 12.6. The highest BCUT2D eigenvalue weighted by molar-refractivity contribution is 6.42. The van der Waals surface area contributed by atoms with Crippen LogP contribution in [-0.4, -0.2) is 25.4 Å². The molecule has 0 unspecified atom stereocenters. The van der Waals surface area contributed by atoms with Gasteiger partial charge in [0.1, 0.15) is 5.56 Å². The fourth-order valence-electron chi connectivity index (χ4n) is 2.93. The minimum atomic E-state index is -1.31. The predicted molar refractivity (Wildman–Crippen MR) is 105 cm³/mol. The van der Waals surface area contributed by atoms with Gasteiger partial charge in [0.15, 0.2) is 10.6 Å². The molecule has 6 nitrogen and oxygen atoms in total. The van der Waals surface area contributed by atoms with Gasteiger partial charge >= 0.3 is 5.97 Å². The van der Waals surface area contributed by atoms with Crippen LogP contribution in [0.2, 0.25) is 15.2 Å². The van der Waals surface area contributed by atoms with Crippen LogP contribution in [0.5, 0.6) is 0 Å². The Hall–Kier alpha value is -2.28. The number of rotatable bonds is 5. The highest BCUT2D eigenvalue weighted by atomic mass is 35.5. The summed E-state index contributed by atoms with van der Waals surface area (Å²) in [6.07, 6.45) is 1.68. The average molecular weight is 427 g/mol. The molecule has 0 atom stereocenters. The Morgan fingerprint density at radius 2 is 1.89 bits per heavy atom. The highest BCUT2D eigenvalue weighted by Gasteiger charge is 2.22. The van der Waals surface area contributed by atoms with Crippen LogP contribution in [0, 0.1) is 0 Å². The van der Waals surface area contributed by atoms with E-state index in [1.165, 1.54) is 6.07 Å². The third kappa shape index (κ3) is 3.88. The van der Waals surface area contributed by atoms with Gasteiger partial charge in [0.05, 0.1) is 22.3 Å². The number of pyridine rings is 1. The Morgan fingerprint density at radius 3 is 2.44 bits per heavy atom. The van der Waals surface area contributed by atoms with E-state index in [1.54, 1.807) is 39.7 Å². The minimum Gasteiger partial charge on any atom is -0.477 e. The molecule has 1 N–H and O–H groups in total. The number of carboxylic acid groups (broad SMARTS) is 1. The van der Waals surface area contributed by atoms with Gasteiger partial charge in [-0.1, -0.05) is 40.9 Å². The zero-order chi connectivity index (χ0) is 19.7. The molecular formula is C18H14Cl3N3O3. The van der Waals surface area contributed by atoms with Crippen molar-refractivity contribution in [2.45, 2.75) is 20.0 Å². The maximum Gasteiger partial charge on any atom is 0.341 e. The first-order valence-corrected chi connectivity index (χ1v) is 9.09. The number of carboxylic acids is 1. The van der Waals surface area contributed by atoms with Crippen molar-refractivity contribution in [1.82, 2.24) is 14.3 Å². The van der Waals surface area contributed by atoms with Crippen LogP contribution >= 0.6 is 34.8 Å². The molecule has 2 heterocycles. The van der Waals surface area contributed by atoms with E-state index in [2.05, 4.69) is 5.10 Å². The molecule has 3 rings (SSSR count). The lowest BCUT2D eigenvalue weighted by atomic mass is 10.0.